The Kier molecular flexibility index (Phi) is 7.56. The molecule has 0 unspecified atom stereocenters. The summed E-state index contributed by atoms with van der Waals surface area (Å²) in [6, 6.07) is 6.56. The third kappa shape index (κ3) is 6.33. The number of anilines is 1. The van der Waals surface area contributed by atoms with Crippen molar-refractivity contribution in [2.75, 3.05) is 31.1 Å². The Hall–Kier alpha value is -2.42. The number of nitrogens with zero attached hydrogens (tertiary/aromatic N) is 1. The molecule has 2 rings (SSSR count). The lowest BCUT2D eigenvalue weighted by atomic mass is 10.0. The lowest BCUT2D eigenvalue weighted by Crippen LogP contribution is -2.56. The van der Waals surface area contributed by atoms with E-state index in [2.05, 4.69) is 20.7 Å². The van der Waals surface area contributed by atoms with E-state index in [-0.39, 0.29) is 23.6 Å². The van der Waals surface area contributed by atoms with Gasteiger partial charge in [0.2, 0.25) is 11.8 Å². The fourth-order valence-electron chi connectivity index (χ4n) is 3.07. The molecule has 3 N–H and O–H groups in total. The number of alkyl halides is 2. The Morgan fingerprint density at radius 1 is 1.29 bits per heavy atom. The zero-order valence-corrected chi connectivity index (χ0v) is 16.4. The van der Waals surface area contributed by atoms with Crippen molar-refractivity contribution in [1.82, 2.24) is 16.0 Å². The van der Waals surface area contributed by atoms with Gasteiger partial charge >= 0.3 is 6.61 Å². The SMILES string of the molecule is CC(=O)NCCNC(C)(C)C(=O)N[C@H]1CCN(c2ccccc2OC(F)F)C1. The second kappa shape index (κ2) is 9.68. The zero-order valence-electron chi connectivity index (χ0n) is 16.4. The molecule has 1 atom stereocenters. The fourth-order valence-corrected chi connectivity index (χ4v) is 3.07. The first kappa shape index (κ1) is 21.9. The summed E-state index contributed by atoms with van der Waals surface area (Å²) >= 11 is 0. The van der Waals surface area contributed by atoms with Crippen molar-refractivity contribution in [2.24, 2.45) is 0 Å². The Morgan fingerprint density at radius 2 is 2.00 bits per heavy atom. The third-order valence-corrected chi connectivity index (χ3v) is 4.58. The number of amides is 2. The minimum atomic E-state index is -2.89. The quantitative estimate of drug-likeness (QED) is 0.549. The summed E-state index contributed by atoms with van der Waals surface area (Å²) in [7, 11) is 0. The number of para-hydroxylation sites is 2. The number of rotatable bonds is 9. The molecule has 1 aliphatic heterocycles. The summed E-state index contributed by atoms with van der Waals surface area (Å²) in [4.78, 5) is 25.4. The first-order valence-electron chi connectivity index (χ1n) is 9.28. The molecule has 0 radical (unpaired) electrons. The first-order valence-corrected chi connectivity index (χ1v) is 9.28. The molecule has 1 heterocycles. The predicted molar refractivity (Wildman–Crippen MR) is 103 cm³/mol. The summed E-state index contributed by atoms with van der Waals surface area (Å²) in [5.41, 5.74) is -0.213. The maximum absolute atomic E-state index is 12.6. The van der Waals surface area contributed by atoms with Crippen LogP contribution in [0.5, 0.6) is 5.75 Å². The number of benzene rings is 1. The molecule has 1 aromatic carbocycles. The standard InChI is InChI=1S/C19H28F2N4O3/c1-13(26)22-9-10-23-19(2,3)17(27)24-14-8-11-25(12-14)15-6-4-5-7-16(15)28-18(20)21/h4-7,14,18,23H,8-12H2,1-3H3,(H,22,26)(H,24,27)/t14-/m0/s1. The van der Waals surface area contributed by atoms with Gasteiger partial charge in [0.15, 0.2) is 0 Å². The van der Waals surface area contributed by atoms with Crippen LogP contribution in [0.1, 0.15) is 27.2 Å². The maximum Gasteiger partial charge on any atom is 0.387 e. The first-order chi connectivity index (χ1) is 13.2. The fraction of sp³-hybridized carbons (Fsp3) is 0.579. The largest absolute Gasteiger partial charge is 0.433 e. The van der Waals surface area contributed by atoms with Crippen molar-refractivity contribution in [3.8, 4) is 5.75 Å². The van der Waals surface area contributed by atoms with Gasteiger partial charge < -0.3 is 25.6 Å². The smallest absolute Gasteiger partial charge is 0.387 e. The average molecular weight is 398 g/mol. The predicted octanol–water partition coefficient (Wildman–Crippen LogP) is 1.49. The maximum atomic E-state index is 12.6. The number of hydrogen-bond donors (Lipinski definition) is 3. The van der Waals surface area contributed by atoms with Gasteiger partial charge in [-0.2, -0.15) is 8.78 Å². The van der Waals surface area contributed by atoms with Gasteiger partial charge in [0, 0.05) is 39.1 Å². The van der Waals surface area contributed by atoms with E-state index in [1.54, 1.807) is 32.0 Å². The monoisotopic (exact) mass is 398 g/mol. The third-order valence-electron chi connectivity index (χ3n) is 4.58. The van der Waals surface area contributed by atoms with E-state index in [1.165, 1.54) is 13.0 Å². The Morgan fingerprint density at radius 3 is 2.68 bits per heavy atom. The molecule has 0 aromatic heterocycles. The number of carbonyl (C=O) groups excluding carboxylic acids is 2. The van der Waals surface area contributed by atoms with Crippen LogP contribution in [0.2, 0.25) is 0 Å². The van der Waals surface area contributed by atoms with Crippen LogP contribution in [0, 0.1) is 0 Å². The molecule has 0 saturated carbocycles. The molecular weight excluding hydrogens is 370 g/mol. The van der Waals surface area contributed by atoms with Crippen LogP contribution < -0.4 is 25.6 Å². The Labute approximate surface area is 163 Å². The van der Waals surface area contributed by atoms with Crippen LogP contribution in [0.25, 0.3) is 0 Å². The average Bonchev–Trinajstić information content (AvgIpc) is 3.07. The van der Waals surface area contributed by atoms with Crippen LogP contribution >= 0.6 is 0 Å². The van der Waals surface area contributed by atoms with Crippen molar-refractivity contribution >= 4 is 17.5 Å². The number of carbonyl (C=O) groups is 2. The van der Waals surface area contributed by atoms with Crippen molar-refractivity contribution in [3.05, 3.63) is 24.3 Å². The van der Waals surface area contributed by atoms with E-state index in [4.69, 9.17) is 0 Å². The van der Waals surface area contributed by atoms with Gasteiger partial charge in [-0.3, -0.25) is 9.59 Å². The van der Waals surface area contributed by atoms with Gasteiger partial charge in [-0.25, -0.2) is 0 Å². The number of nitrogens with one attached hydrogen (secondary N) is 3. The summed E-state index contributed by atoms with van der Waals surface area (Å²) in [6.45, 7) is 4.14. The molecule has 1 saturated heterocycles. The van der Waals surface area contributed by atoms with E-state index < -0.39 is 12.2 Å². The lowest BCUT2D eigenvalue weighted by molar-refractivity contribution is -0.127. The van der Waals surface area contributed by atoms with E-state index in [9.17, 15) is 18.4 Å². The van der Waals surface area contributed by atoms with E-state index in [1.807, 2.05) is 4.90 Å². The molecule has 1 aliphatic rings. The molecule has 0 bridgehead atoms. The summed E-state index contributed by atoms with van der Waals surface area (Å²) in [5, 5.41) is 8.80. The van der Waals surface area contributed by atoms with E-state index >= 15 is 0 Å². The van der Waals surface area contributed by atoms with Crippen molar-refractivity contribution in [2.45, 2.75) is 45.4 Å². The van der Waals surface area contributed by atoms with Crippen molar-refractivity contribution in [3.63, 3.8) is 0 Å². The second-order valence-corrected chi connectivity index (χ2v) is 7.29. The van der Waals surface area contributed by atoms with E-state index in [0.717, 1.165) is 0 Å². The summed E-state index contributed by atoms with van der Waals surface area (Å²) < 4.78 is 29.8. The minimum Gasteiger partial charge on any atom is -0.433 e. The molecule has 156 valence electrons. The molecule has 9 heteroatoms. The molecule has 28 heavy (non-hydrogen) atoms. The highest BCUT2D eigenvalue weighted by atomic mass is 19.3. The molecular formula is C19H28F2N4O3. The summed E-state index contributed by atoms with van der Waals surface area (Å²) in [5.74, 6) is -0.144. The van der Waals surface area contributed by atoms with Gasteiger partial charge in [-0.1, -0.05) is 12.1 Å². The highest BCUT2D eigenvalue weighted by Crippen LogP contribution is 2.31. The molecule has 2 amide bonds. The molecule has 0 aliphatic carbocycles. The molecule has 7 nitrogen and oxygen atoms in total. The number of ether oxygens (including phenoxy) is 1. The van der Waals surface area contributed by atoms with Crippen LogP contribution in [-0.4, -0.2) is 56.2 Å². The second-order valence-electron chi connectivity index (χ2n) is 7.29. The van der Waals surface area contributed by atoms with Gasteiger partial charge in [0.25, 0.3) is 0 Å². The number of halogens is 2. The lowest BCUT2D eigenvalue weighted by Gasteiger charge is -2.27. The molecule has 1 fully saturated rings. The van der Waals surface area contributed by atoms with Gasteiger partial charge in [0.1, 0.15) is 5.75 Å². The van der Waals surface area contributed by atoms with Crippen LogP contribution in [0.4, 0.5) is 14.5 Å². The minimum absolute atomic E-state index is 0.0940. The highest BCUT2D eigenvalue weighted by molar-refractivity contribution is 5.85. The summed E-state index contributed by atoms with van der Waals surface area (Å²) in [6.07, 6.45) is 0.705. The van der Waals surface area contributed by atoms with E-state index in [0.29, 0.717) is 38.3 Å². The van der Waals surface area contributed by atoms with Crippen molar-refractivity contribution in [1.29, 1.82) is 0 Å². The Balaban J connectivity index is 1.88. The van der Waals surface area contributed by atoms with Gasteiger partial charge in [0.05, 0.1) is 11.2 Å². The number of hydrogen-bond acceptors (Lipinski definition) is 5. The van der Waals surface area contributed by atoms with Crippen LogP contribution in [-0.2, 0) is 9.59 Å². The molecule has 0 spiro atoms. The Bertz CT molecular complexity index is 685. The zero-order chi connectivity index (χ0) is 20.7. The normalized spacial score (nSPS) is 16.9. The van der Waals surface area contributed by atoms with Gasteiger partial charge in [-0.15, -0.1) is 0 Å². The van der Waals surface area contributed by atoms with Gasteiger partial charge in [-0.05, 0) is 32.4 Å². The molecule has 1 aromatic rings. The highest BCUT2D eigenvalue weighted by Gasteiger charge is 2.32. The van der Waals surface area contributed by atoms with Crippen LogP contribution in [0.3, 0.4) is 0 Å². The van der Waals surface area contributed by atoms with Crippen molar-refractivity contribution < 1.29 is 23.1 Å². The topological polar surface area (TPSA) is 82.7 Å². The van der Waals surface area contributed by atoms with Crippen LogP contribution in [0.15, 0.2) is 24.3 Å².